The number of hydrogen-bond donors (Lipinski definition) is 1. The van der Waals surface area contributed by atoms with Crippen molar-refractivity contribution in [1.82, 2.24) is 4.90 Å². The number of carbonyl (C=O) groups excluding carboxylic acids is 1. The predicted molar refractivity (Wildman–Crippen MR) is 115 cm³/mol. The van der Waals surface area contributed by atoms with E-state index in [-0.39, 0.29) is 28.7 Å². The molecule has 8 heteroatoms. The third-order valence-electron chi connectivity index (χ3n) is 5.89. The van der Waals surface area contributed by atoms with Gasteiger partial charge in [-0.25, -0.2) is 8.42 Å². The number of carbonyl (C=O) groups is 1. The van der Waals surface area contributed by atoms with Crippen LogP contribution in [0.1, 0.15) is 37.7 Å². The number of aliphatic imine (C=N–C) groups is 1. The molecule has 2 fully saturated rings. The van der Waals surface area contributed by atoms with E-state index in [1.807, 2.05) is 36.2 Å². The Morgan fingerprint density at radius 1 is 1.18 bits per heavy atom. The van der Waals surface area contributed by atoms with Crippen LogP contribution < -0.4 is 5.32 Å². The third kappa shape index (κ3) is 4.54. The van der Waals surface area contributed by atoms with Crippen molar-refractivity contribution in [2.75, 3.05) is 23.9 Å². The molecule has 3 aliphatic rings. The number of anilines is 1. The molecule has 2 atom stereocenters. The second-order valence-corrected chi connectivity index (χ2v) is 11.4. The number of likely N-dealkylation sites (N-methyl/N-ethyl adjacent to an activating group) is 1. The highest BCUT2D eigenvalue weighted by Crippen LogP contribution is 2.34. The number of amidine groups is 1. The molecule has 152 valence electrons. The summed E-state index contributed by atoms with van der Waals surface area (Å²) >= 11 is 1.51. The first-order chi connectivity index (χ1) is 13.4. The van der Waals surface area contributed by atoms with Crippen molar-refractivity contribution in [3.63, 3.8) is 0 Å². The quantitative estimate of drug-likeness (QED) is 0.809. The Morgan fingerprint density at radius 3 is 2.57 bits per heavy atom. The van der Waals surface area contributed by atoms with Gasteiger partial charge in [-0.2, -0.15) is 0 Å². The van der Waals surface area contributed by atoms with Crippen molar-refractivity contribution >= 4 is 38.4 Å². The molecule has 1 aromatic rings. The number of sulfone groups is 1. The molecule has 4 rings (SSSR count). The lowest BCUT2D eigenvalue weighted by Crippen LogP contribution is -2.39. The molecule has 2 unspecified atom stereocenters. The molecular formula is C20H27N3O3S2. The minimum absolute atomic E-state index is 0.0414. The summed E-state index contributed by atoms with van der Waals surface area (Å²) in [4.78, 5) is 19.0. The lowest BCUT2D eigenvalue weighted by atomic mass is 9.94. The van der Waals surface area contributed by atoms with Crippen molar-refractivity contribution in [1.29, 1.82) is 0 Å². The summed E-state index contributed by atoms with van der Waals surface area (Å²) in [5.74, 6) is 0.551. The highest BCUT2D eigenvalue weighted by Gasteiger charge is 2.42. The molecule has 1 saturated heterocycles. The van der Waals surface area contributed by atoms with E-state index in [4.69, 9.17) is 0 Å². The molecule has 1 N–H and O–H groups in total. The number of amides is 1. The van der Waals surface area contributed by atoms with E-state index >= 15 is 0 Å². The van der Waals surface area contributed by atoms with Crippen LogP contribution in [0, 0.1) is 0 Å². The van der Waals surface area contributed by atoms with Gasteiger partial charge < -0.3 is 10.2 Å². The van der Waals surface area contributed by atoms with E-state index in [2.05, 4.69) is 10.3 Å². The zero-order chi connectivity index (χ0) is 19.7. The molecule has 6 nitrogen and oxygen atoms in total. The second kappa shape index (κ2) is 8.06. The van der Waals surface area contributed by atoms with Crippen LogP contribution in [0.3, 0.4) is 0 Å². The maximum Gasteiger partial charge on any atom is 0.226 e. The Hall–Kier alpha value is -1.54. The molecule has 0 bridgehead atoms. The molecule has 1 amide bonds. The van der Waals surface area contributed by atoms with Crippen molar-refractivity contribution in [2.45, 2.75) is 55.9 Å². The van der Waals surface area contributed by atoms with Crippen LogP contribution in [0.15, 0.2) is 29.3 Å². The maximum atomic E-state index is 12.6. The molecule has 28 heavy (non-hydrogen) atoms. The molecular weight excluding hydrogens is 394 g/mol. The third-order valence-corrected chi connectivity index (χ3v) is 9.04. The fourth-order valence-electron chi connectivity index (χ4n) is 4.22. The average Bonchev–Trinajstić information content (AvgIpc) is 3.16. The van der Waals surface area contributed by atoms with Crippen LogP contribution in [0.2, 0.25) is 0 Å². The molecule has 2 heterocycles. The summed E-state index contributed by atoms with van der Waals surface area (Å²) in [6.45, 7) is 0. The summed E-state index contributed by atoms with van der Waals surface area (Å²) in [7, 11) is -0.995. The molecule has 0 spiro atoms. The fourth-order valence-corrected chi connectivity index (χ4v) is 7.89. The molecule has 2 aliphatic heterocycles. The molecule has 0 radical (unpaired) electrons. The van der Waals surface area contributed by atoms with Gasteiger partial charge in [-0.05, 0) is 30.5 Å². The minimum atomic E-state index is -2.93. The molecule has 1 aromatic carbocycles. The number of fused-ring (bicyclic) bond motifs is 1. The monoisotopic (exact) mass is 421 g/mol. The van der Waals surface area contributed by atoms with Crippen LogP contribution in [-0.2, 0) is 21.1 Å². The molecule has 1 aliphatic carbocycles. The van der Waals surface area contributed by atoms with E-state index in [9.17, 15) is 13.2 Å². The van der Waals surface area contributed by atoms with Crippen LogP contribution in [0.4, 0.5) is 5.69 Å². The van der Waals surface area contributed by atoms with Crippen LogP contribution >= 0.6 is 11.8 Å². The minimum Gasteiger partial charge on any atom is -0.342 e. The first-order valence-electron chi connectivity index (χ1n) is 9.96. The highest BCUT2D eigenvalue weighted by molar-refractivity contribution is 8.15. The summed E-state index contributed by atoms with van der Waals surface area (Å²) in [6, 6.07) is 8.13. The standard InChI is InChI=1S/C20H27N3O3S2/c1-23(16-5-3-2-4-6-16)19(24)11-14-7-9-15(10-8-14)21-20-22-17-12-28(25,26)13-18(17)27-20/h7-10,16-18H,2-6,11-13H2,1H3,(H,21,22). The summed E-state index contributed by atoms with van der Waals surface area (Å²) in [6.07, 6.45) is 6.39. The normalized spacial score (nSPS) is 26.5. The van der Waals surface area contributed by atoms with Gasteiger partial charge in [-0.1, -0.05) is 43.2 Å². The number of nitrogens with zero attached hydrogens (tertiary/aromatic N) is 2. The lowest BCUT2D eigenvalue weighted by Gasteiger charge is -2.31. The first kappa shape index (κ1) is 19.8. The SMILES string of the molecule is CN(C(=O)Cc1ccc(NC2=NC3CS(=O)(=O)CC3S2)cc1)C1CCCCC1. The predicted octanol–water partition coefficient (Wildman–Crippen LogP) is 2.70. The van der Waals surface area contributed by atoms with Gasteiger partial charge in [-0.15, -0.1) is 0 Å². The number of benzene rings is 1. The van der Waals surface area contributed by atoms with Gasteiger partial charge in [-0.3, -0.25) is 9.79 Å². The van der Waals surface area contributed by atoms with Gasteiger partial charge in [0.25, 0.3) is 0 Å². The fraction of sp³-hybridized carbons (Fsp3) is 0.600. The topological polar surface area (TPSA) is 78.8 Å². The van der Waals surface area contributed by atoms with E-state index < -0.39 is 9.84 Å². The van der Waals surface area contributed by atoms with Gasteiger partial charge in [0, 0.05) is 24.0 Å². The largest absolute Gasteiger partial charge is 0.342 e. The van der Waals surface area contributed by atoms with E-state index in [0.29, 0.717) is 12.5 Å². The number of nitrogens with one attached hydrogen (secondary N) is 1. The summed E-state index contributed by atoms with van der Waals surface area (Å²) in [5.41, 5.74) is 1.91. The van der Waals surface area contributed by atoms with Crippen LogP contribution in [-0.4, -0.2) is 60.3 Å². The zero-order valence-corrected chi connectivity index (χ0v) is 17.8. The molecule has 0 aromatic heterocycles. The van der Waals surface area contributed by atoms with Gasteiger partial charge in [0.05, 0.1) is 24.0 Å². The number of rotatable bonds is 4. The number of thioether (sulfide) groups is 1. The summed E-state index contributed by atoms with van der Waals surface area (Å²) < 4.78 is 23.3. The van der Waals surface area contributed by atoms with Crippen molar-refractivity contribution in [2.24, 2.45) is 4.99 Å². The Bertz CT molecular complexity index is 861. The second-order valence-electron chi connectivity index (χ2n) is 8.03. The Morgan fingerprint density at radius 2 is 1.89 bits per heavy atom. The Labute approximate surface area is 171 Å². The Balaban J connectivity index is 1.31. The lowest BCUT2D eigenvalue weighted by molar-refractivity contribution is -0.131. The van der Waals surface area contributed by atoms with Gasteiger partial charge >= 0.3 is 0 Å². The zero-order valence-electron chi connectivity index (χ0n) is 16.1. The Kier molecular flexibility index (Phi) is 5.69. The van der Waals surface area contributed by atoms with Crippen LogP contribution in [0.5, 0.6) is 0 Å². The van der Waals surface area contributed by atoms with Gasteiger partial charge in [0.1, 0.15) is 0 Å². The van der Waals surface area contributed by atoms with Crippen molar-refractivity contribution < 1.29 is 13.2 Å². The smallest absolute Gasteiger partial charge is 0.226 e. The first-order valence-corrected chi connectivity index (χ1v) is 12.7. The van der Waals surface area contributed by atoms with E-state index in [1.54, 1.807) is 0 Å². The van der Waals surface area contributed by atoms with Crippen molar-refractivity contribution in [3.05, 3.63) is 29.8 Å². The molecule has 1 saturated carbocycles. The van der Waals surface area contributed by atoms with Gasteiger partial charge in [0.2, 0.25) is 5.91 Å². The van der Waals surface area contributed by atoms with Crippen molar-refractivity contribution in [3.8, 4) is 0 Å². The van der Waals surface area contributed by atoms with E-state index in [0.717, 1.165) is 29.3 Å². The summed E-state index contributed by atoms with van der Waals surface area (Å²) in [5, 5.41) is 4.10. The van der Waals surface area contributed by atoms with Gasteiger partial charge in [0.15, 0.2) is 15.0 Å². The highest BCUT2D eigenvalue weighted by atomic mass is 32.2. The average molecular weight is 422 g/mol. The van der Waals surface area contributed by atoms with Crippen LogP contribution in [0.25, 0.3) is 0 Å². The maximum absolute atomic E-state index is 12.6. The number of hydrogen-bond acceptors (Lipinski definition) is 6. The van der Waals surface area contributed by atoms with E-state index in [1.165, 1.54) is 31.0 Å².